The molecular formula is C16H14FN3. The molecule has 3 nitrogen and oxygen atoms in total. The van der Waals surface area contributed by atoms with Crippen molar-refractivity contribution in [2.75, 3.05) is 5.73 Å². The number of nitrogens with zero attached hydrogens (tertiary/aromatic N) is 2. The number of benzene rings is 2. The summed E-state index contributed by atoms with van der Waals surface area (Å²) in [4.78, 5) is 4.59. The van der Waals surface area contributed by atoms with Crippen LogP contribution in [0.5, 0.6) is 0 Å². The summed E-state index contributed by atoms with van der Waals surface area (Å²) in [6.07, 6.45) is 0. The van der Waals surface area contributed by atoms with Crippen LogP contribution in [0.1, 0.15) is 0 Å². The number of hydrogen-bond donors (Lipinski definition) is 1. The zero-order chi connectivity index (χ0) is 14.1. The Morgan fingerprint density at radius 3 is 2.25 bits per heavy atom. The third kappa shape index (κ3) is 2.05. The third-order valence-corrected chi connectivity index (χ3v) is 3.29. The molecule has 0 fully saturated rings. The molecule has 0 saturated heterocycles. The van der Waals surface area contributed by atoms with Gasteiger partial charge in [-0.25, -0.2) is 9.37 Å². The Morgan fingerprint density at radius 1 is 0.950 bits per heavy atom. The van der Waals surface area contributed by atoms with Gasteiger partial charge in [0.25, 0.3) is 0 Å². The minimum atomic E-state index is -0.272. The van der Waals surface area contributed by atoms with Crippen molar-refractivity contribution in [3.63, 3.8) is 0 Å². The molecule has 0 amide bonds. The first-order chi connectivity index (χ1) is 9.66. The van der Waals surface area contributed by atoms with Gasteiger partial charge < -0.3 is 10.3 Å². The van der Waals surface area contributed by atoms with Crippen molar-refractivity contribution in [1.29, 1.82) is 0 Å². The zero-order valence-corrected chi connectivity index (χ0v) is 11.0. The van der Waals surface area contributed by atoms with Crippen molar-refractivity contribution in [3.8, 4) is 22.6 Å². The van der Waals surface area contributed by atoms with Crippen molar-refractivity contribution in [1.82, 2.24) is 9.55 Å². The van der Waals surface area contributed by atoms with Gasteiger partial charge in [-0.05, 0) is 24.3 Å². The minimum absolute atomic E-state index is 0.272. The monoisotopic (exact) mass is 267 g/mol. The molecule has 3 rings (SSSR count). The van der Waals surface area contributed by atoms with Crippen molar-refractivity contribution >= 4 is 5.82 Å². The molecule has 0 aliphatic heterocycles. The first-order valence-corrected chi connectivity index (χ1v) is 6.30. The number of nitrogen functional groups attached to an aromatic ring is 1. The van der Waals surface area contributed by atoms with Gasteiger partial charge in [-0.2, -0.15) is 0 Å². The van der Waals surface area contributed by atoms with Crippen molar-refractivity contribution in [2.24, 2.45) is 7.05 Å². The first-order valence-electron chi connectivity index (χ1n) is 6.30. The van der Waals surface area contributed by atoms with Gasteiger partial charge in [0.2, 0.25) is 0 Å². The number of imidazole rings is 1. The molecule has 0 spiro atoms. The van der Waals surface area contributed by atoms with Gasteiger partial charge in [-0.15, -0.1) is 0 Å². The fraction of sp³-hybridized carbons (Fsp3) is 0.0625. The molecule has 2 N–H and O–H groups in total. The number of hydrogen-bond acceptors (Lipinski definition) is 2. The molecule has 4 heteroatoms. The SMILES string of the molecule is Cn1c(-c2ccccc2)nc(-c2ccc(F)cc2)c1N. The highest BCUT2D eigenvalue weighted by molar-refractivity contribution is 5.75. The highest BCUT2D eigenvalue weighted by Crippen LogP contribution is 2.30. The fourth-order valence-corrected chi connectivity index (χ4v) is 2.18. The van der Waals surface area contributed by atoms with E-state index in [0.717, 1.165) is 17.0 Å². The molecule has 100 valence electrons. The van der Waals surface area contributed by atoms with E-state index in [2.05, 4.69) is 4.98 Å². The maximum absolute atomic E-state index is 13.0. The molecule has 0 bridgehead atoms. The summed E-state index contributed by atoms with van der Waals surface area (Å²) in [6.45, 7) is 0. The van der Waals surface area contributed by atoms with Crippen LogP contribution in [0.2, 0.25) is 0 Å². The molecule has 2 aromatic carbocycles. The van der Waals surface area contributed by atoms with E-state index in [1.807, 2.05) is 41.9 Å². The van der Waals surface area contributed by atoms with E-state index in [1.165, 1.54) is 12.1 Å². The first kappa shape index (κ1) is 12.4. The van der Waals surface area contributed by atoms with E-state index in [1.54, 1.807) is 12.1 Å². The molecule has 0 unspecified atom stereocenters. The molecule has 0 saturated carbocycles. The normalized spacial score (nSPS) is 10.7. The highest BCUT2D eigenvalue weighted by atomic mass is 19.1. The maximum atomic E-state index is 13.0. The number of rotatable bonds is 2. The number of halogens is 1. The van der Waals surface area contributed by atoms with Gasteiger partial charge in [0.1, 0.15) is 23.2 Å². The molecule has 0 atom stereocenters. The van der Waals surface area contributed by atoms with Gasteiger partial charge in [-0.1, -0.05) is 30.3 Å². The highest BCUT2D eigenvalue weighted by Gasteiger charge is 2.14. The molecule has 0 aliphatic carbocycles. The van der Waals surface area contributed by atoms with Crippen LogP contribution in [0.15, 0.2) is 54.6 Å². The summed E-state index contributed by atoms with van der Waals surface area (Å²) in [5.41, 5.74) is 8.59. The Labute approximate surface area is 116 Å². The van der Waals surface area contributed by atoms with Crippen LogP contribution < -0.4 is 5.73 Å². The van der Waals surface area contributed by atoms with Gasteiger partial charge >= 0.3 is 0 Å². The fourth-order valence-electron chi connectivity index (χ4n) is 2.18. The Hall–Kier alpha value is -2.62. The van der Waals surface area contributed by atoms with Crippen LogP contribution in [0.4, 0.5) is 10.2 Å². The average Bonchev–Trinajstić information content (AvgIpc) is 2.77. The molecule has 3 aromatic rings. The van der Waals surface area contributed by atoms with Crippen LogP contribution >= 0.6 is 0 Å². The lowest BCUT2D eigenvalue weighted by atomic mass is 10.1. The predicted octanol–water partition coefficient (Wildman–Crippen LogP) is 3.48. The Morgan fingerprint density at radius 2 is 1.60 bits per heavy atom. The summed E-state index contributed by atoms with van der Waals surface area (Å²) in [7, 11) is 1.87. The molecule has 1 aromatic heterocycles. The second kappa shape index (κ2) is 4.81. The van der Waals surface area contributed by atoms with E-state index >= 15 is 0 Å². The standard InChI is InChI=1S/C16H14FN3/c1-20-15(18)14(11-7-9-13(17)10-8-11)19-16(20)12-5-3-2-4-6-12/h2-10H,18H2,1H3. The summed E-state index contributed by atoms with van der Waals surface area (Å²) in [5.74, 6) is 1.09. The zero-order valence-electron chi connectivity index (χ0n) is 11.0. The summed E-state index contributed by atoms with van der Waals surface area (Å²) in [5, 5.41) is 0. The van der Waals surface area contributed by atoms with Gasteiger partial charge in [0.05, 0.1) is 0 Å². The quantitative estimate of drug-likeness (QED) is 0.772. The van der Waals surface area contributed by atoms with E-state index in [-0.39, 0.29) is 5.82 Å². The number of anilines is 1. The van der Waals surface area contributed by atoms with Crippen molar-refractivity contribution in [3.05, 3.63) is 60.4 Å². The molecule has 0 aliphatic rings. The van der Waals surface area contributed by atoms with Gasteiger partial charge in [0, 0.05) is 18.2 Å². The molecular weight excluding hydrogens is 253 g/mol. The van der Waals surface area contributed by atoms with Crippen molar-refractivity contribution in [2.45, 2.75) is 0 Å². The topological polar surface area (TPSA) is 43.8 Å². The lowest BCUT2D eigenvalue weighted by molar-refractivity contribution is 0.628. The van der Waals surface area contributed by atoms with E-state index in [9.17, 15) is 4.39 Å². The Balaban J connectivity index is 2.13. The molecule has 1 heterocycles. The van der Waals surface area contributed by atoms with Crippen LogP contribution in [0, 0.1) is 5.82 Å². The predicted molar refractivity (Wildman–Crippen MR) is 78.5 cm³/mol. The van der Waals surface area contributed by atoms with Crippen LogP contribution in [-0.2, 0) is 7.05 Å². The van der Waals surface area contributed by atoms with E-state index < -0.39 is 0 Å². The summed E-state index contributed by atoms with van der Waals surface area (Å²) in [6, 6.07) is 16.0. The lowest BCUT2D eigenvalue weighted by Crippen LogP contribution is -1.98. The molecule has 20 heavy (non-hydrogen) atoms. The van der Waals surface area contributed by atoms with Crippen LogP contribution in [0.25, 0.3) is 22.6 Å². The Kier molecular flexibility index (Phi) is 2.99. The summed E-state index contributed by atoms with van der Waals surface area (Å²) >= 11 is 0. The number of aromatic nitrogens is 2. The summed E-state index contributed by atoms with van der Waals surface area (Å²) < 4.78 is 14.8. The second-order valence-electron chi connectivity index (χ2n) is 4.60. The second-order valence-corrected chi connectivity index (χ2v) is 4.60. The average molecular weight is 267 g/mol. The largest absolute Gasteiger partial charge is 0.383 e. The lowest BCUT2D eigenvalue weighted by Gasteiger charge is -2.02. The molecule has 0 radical (unpaired) electrons. The smallest absolute Gasteiger partial charge is 0.142 e. The maximum Gasteiger partial charge on any atom is 0.142 e. The van der Waals surface area contributed by atoms with Crippen molar-refractivity contribution < 1.29 is 4.39 Å². The number of nitrogens with two attached hydrogens (primary N) is 1. The Bertz CT molecular complexity index is 730. The van der Waals surface area contributed by atoms with Crippen LogP contribution in [0.3, 0.4) is 0 Å². The van der Waals surface area contributed by atoms with Gasteiger partial charge in [0.15, 0.2) is 0 Å². The van der Waals surface area contributed by atoms with Gasteiger partial charge in [-0.3, -0.25) is 0 Å². The van der Waals surface area contributed by atoms with Crippen LogP contribution in [-0.4, -0.2) is 9.55 Å². The van der Waals surface area contributed by atoms with E-state index in [4.69, 9.17) is 5.73 Å². The van der Waals surface area contributed by atoms with E-state index in [0.29, 0.717) is 11.5 Å². The third-order valence-electron chi connectivity index (χ3n) is 3.29. The minimum Gasteiger partial charge on any atom is -0.383 e.